The third-order valence-electron chi connectivity index (χ3n) is 5.17. The van der Waals surface area contributed by atoms with E-state index in [4.69, 9.17) is 18.9 Å². The van der Waals surface area contributed by atoms with Gasteiger partial charge in [-0.15, -0.1) is 0 Å². The Kier molecular flexibility index (Phi) is 5.92. The number of ether oxygens (including phenoxy) is 4. The first-order valence-corrected chi connectivity index (χ1v) is 9.86. The number of nitrogens with zero attached hydrogens (tertiary/aromatic N) is 2. The van der Waals surface area contributed by atoms with Crippen LogP contribution in [0.1, 0.15) is 0 Å². The molecule has 2 aromatic rings. The standard InChI is InChI=1S/C22H24N2O6/c1-27-17-7-3-2-6-16(17)23-10-12-24(13-11-23)21(25)15-29-22(26)20-14-28-18-8-4-5-9-19(18)30-20/h2-9,20H,10-15H2,1H3. The number of amides is 1. The quantitative estimate of drug-likeness (QED) is 0.692. The van der Waals surface area contributed by atoms with E-state index in [9.17, 15) is 9.59 Å². The van der Waals surface area contributed by atoms with E-state index in [1.165, 1.54) is 0 Å². The van der Waals surface area contributed by atoms with Gasteiger partial charge < -0.3 is 28.7 Å². The summed E-state index contributed by atoms with van der Waals surface area (Å²) in [6.45, 7) is 2.19. The van der Waals surface area contributed by atoms with Crippen LogP contribution in [-0.4, -0.2) is 69.4 Å². The molecule has 0 saturated carbocycles. The van der Waals surface area contributed by atoms with Crippen LogP contribution in [0.15, 0.2) is 48.5 Å². The minimum atomic E-state index is -0.880. The molecule has 4 rings (SSSR count). The number of benzene rings is 2. The van der Waals surface area contributed by atoms with Crippen molar-refractivity contribution in [1.82, 2.24) is 4.90 Å². The van der Waals surface area contributed by atoms with Crippen LogP contribution in [0.5, 0.6) is 17.2 Å². The fourth-order valence-corrected chi connectivity index (χ4v) is 3.54. The predicted octanol–water partition coefficient (Wildman–Crippen LogP) is 1.73. The SMILES string of the molecule is COc1ccccc1N1CCN(C(=O)COC(=O)C2COc3ccccc3O2)CC1. The summed E-state index contributed by atoms with van der Waals surface area (Å²) >= 11 is 0. The highest BCUT2D eigenvalue weighted by Crippen LogP contribution is 2.31. The third-order valence-corrected chi connectivity index (χ3v) is 5.17. The number of anilines is 1. The van der Waals surface area contributed by atoms with Gasteiger partial charge in [0.25, 0.3) is 5.91 Å². The fraction of sp³-hybridized carbons (Fsp3) is 0.364. The molecular weight excluding hydrogens is 388 g/mol. The lowest BCUT2D eigenvalue weighted by Gasteiger charge is -2.36. The van der Waals surface area contributed by atoms with Crippen LogP contribution in [0.25, 0.3) is 0 Å². The molecule has 1 atom stereocenters. The lowest BCUT2D eigenvalue weighted by atomic mass is 10.2. The molecule has 8 heteroatoms. The topological polar surface area (TPSA) is 77.5 Å². The Hall–Kier alpha value is -3.42. The van der Waals surface area contributed by atoms with Crippen LogP contribution in [-0.2, 0) is 14.3 Å². The highest BCUT2D eigenvalue weighted by Gasteiger charge is 2.30. The summed E-state index contributed by atoms with van der Waals surface area (Å²) in [5, 5.41) is 0. The second-order valence-corrected chi connectivity index (χ2v) is 7.01. The largest absolute Gasteiger partial charge is 0.495 e. The molecule has 2 aromatic carbocycles. The van der Waals surface area contributed by atoms with E-state index < -0.39 is 12.1 Å². The van der Waals surface area contributed by atoms with Crippen molar-refractivity contribution in [2.75, 3.05) is 51.4 Å². The smallest absolute Gasteiger partial charge is 0.351 e. The van der Waals surface area contributed by atoms with Gasteiger partial charge in [-0.25, -0.2) is 4.79 Å². The van der Waals surface area contributed by atoms with Gasteiger partial charge in [0.1, 0.15) is 12.4 Å². The van der Waals surface area contributed by atoms with Crippen LogP contribution >= 0.6 is 0 Å². The second kappa shape index (κ2) is 8.94. The van der Waals surface area contributed by atoms with Gasteiger partial charge in [0.15, 0.2) is 18.1 Å². The molecule has 0 spiro atoms. The Bertz CT molecular complexity index is 910. The van der Waals surface area contributed by atoms with E-state index in [0.717, 1.165) is 11.4 Å². The van der Waals surface area contributed by atoms with Crippen molar-refractivity contribution in [3.8, 4) is 17.2 Å². The van der Waals surface area contributed by atoms with Crippen molar-refractivity contribution >= 4 is 17.6 Å². The maximum absolute atomic E-state index is 12.5. The Balaban J connectivity index is 1.25. The Labute approximate surface area is 174 Å². The third kappa shape index (κ3) is 4.27. The van der Waals surface area contributed by atoms with Gasteiger partial charge in [0, 0.05) is 26.2 Å². The van der Waals surface area contributed by atoms with Gasteiger partial charge in [0.2, 0.25) is 6.10 Å². The first-order valence-electron chi connectivity index (χ1n) is 9.86. The van der Waals surface area contributed by atoms with Crippen molar-refractivity contribution < 1.29 is 28.5 Å². The molecule has 30 heavy (non-hydrogen) atoms. The zero-order valence-corrected chi connectivity index (χ0v) is 16.8. The van der Waals surface area contributed by atoms with E-state index in [1.54, 1.807) is 30.2 Å². The predicted molar refractivity (Wildman–Crippen MR) is 109 cm³/mol. The number of hydrogen-bond acceptors (Lipinski definition) is 7. The van der Waals surface area contributed by atoms with Crippen LogP contribution in [0.2, 0.25) is 0 Å². The minimum absolute atomic E-state index is 0.0572. The molecule has 158 valence electrons. The van der Waals surface area contributed by atoms with E-state index in [2.05, 4.69) is 4.90 Å². The van der Waals surface area contributed by atoms with E-state index in [0.29, 0.717) is 37.7 Å². The number of carbonyl (C=O) groups is 2. The van der Waals surface area contributed by atoms with E-state index in [-0.39, 0.29) is 19.1 Å². The number of hydrogen-bond donors (Lipinski definition) is 0. The number of fused-ring (bicyclic) bond motifs is 1. The number of methoxy groups -OCH3 is 1. The fourth-order valence-electron chi connectivity index (χ4n) is 3.54. The molecule has 0 N–H and O–H groups in total. The molecule has 1 amide bonds. The molecule has 0 aliphatic carbocycles. The molecule has 1 fully saturated rings. The average molecular weight is 412 g/mol. The maximum Gasteiger partial charge on any atom is 0.351 e. The molecule has 0 bridgehead atoms. The molecule has 8 nitrogen and oxygen atoms in total. The Morgan fingerprint density at radius 2 is 1.70 bits per heavy atom. The van der Waals surface area contributed by atoms with Gasteiger partial charge in [-0.3, -0.25) is 4.79 Å². The average Bonchev–Trinajstić information content (AvgIpc) is 2.82. The highest BCUT2D eigenvalue weighted by atomic mass is 16.6. The summed E-state index contributed by atoms with van der Waals surface area (Å²) in [6, 6.07) is 14.9. The van der Waals surface area contributed by atoms with Gasteiger partial charge in [-0.05, 0) is 24.3 Å². The number of para-hydroxylation sites is 4. The maximum atomic E-state index is 12.5. The summed E-state index contributed by atoms with van der Waals surface area (Å²) in [4.78, 5) is 28.6. The van der Waals surface area contributed by atoms with Crippen molar-refractivity contribution in [3.05, 3.63) is 48.5 Å². The Morgan fingerprint density at radius 3 is 2.47 bits per heavy atom. The van der Waals surface area contributed by atoms with Crippen molar-refractivity contribution in [3.63, 3.8) is 0 Å². The normalized spacial score (nSPS) is 18.0. The van der Waals surface area contributed by atoms with Gasteiger partial charge in [0.05, 0.1) is 12.8 Å². The lowest BCUT2D eigenvalue weighted by Crippen LogP contribution is -2.50. The molecule has 0 radical (unpaired) electrons. The number of rotatable bonds is 5. The van der Waals surface area contributed by atoms with Crippen molar-refractivity contribution in [2.45, 2.75) is 6.10 Å². The number of piperazine rings is 1. The zero-order chi connectivity index (χ0) is 20.9. The summed E-state index contributed by atoms with van der Waals surface area (Å²) in [7, 11) is 1.65. The first kappa shape index (κ1) is 19.9. The summed E-state index contributed by atoms with van der Waals surface area (Å²) in [5.41, 5.74) is 1.01. The zero-order valence-electron chi connectivity index (χ0n) is 16.8. The Morgan fingerprint density at radius 1 is 1.00 bits per heavy atom. The van der Waals surface area contributed by atoms with Gasteiger partial charge in [-0.2, -0.15) is 0 Å². The molecule has 2 aliphatic rings. The van der Waals surface area contributed by atoms with E-state index in [1.807, 2.05) is 30.3 Å². The van der Waals surface area contributed by atoms with Crippen LogP contribution < -0.4 is 19.1 Å². The van der Waals surface area contributed by atoms with Crippen molar-refractivity contribution in [2.24, 2.45) is 0 Å². The second-order valence-electron chi connectivity index (χ2n) is 7.01. The summed E-state index contributed by atoms with van der Waals surface area (Å²) < 4.78 is 21.7. The van der Waals surface area contributed by atoms with Gasteiger partial charge in [-0.1, -0.05) is 24.3 Å². The molecule has 2 aliphatic heterocycles. The van der Waals surface area contributed by atoms with Crippen LogP contribution in [0.4, 0.5) is 5.69 Å². The van der Waals surface area contributed by atoms with Gasteiger partial charge >= 0.3 is 5.97 Å². The van der Waals surface area contributed by atoms with Crippen molar-refractivity contribution in [1.29, 1.82) is 0 Å². The monoisotopic (exact) mass is 412 g/mol. The first-order chi connectivity index (χ1) is 14.7. The summed E-state index contributed by atoms with van der Waals surface area (Å²) in [6.07, 6.45) is -0.880. The molecule has 0 aromatic heterocycles. The molecule has 1 unspecified atom stereocenters. The minimum Gasteiger partial charge on any atom is -0.495 e. The summed E-state index contributed by atoms with van der Waals surface area (Å²) in [5.74, 6) is 1.06. The number of carbonyl (C=O) groups excluding carboxylic acids is 2. The molecular formula is C22H24N2O6. The lowest BCUT2D eigenvalue weighted by molar-refractivity contribution is -0.160. The van der Waals surface area contributed by atoms with Crippen LogP contribution in [0, 0.1) is 0 Å². The number of esters is 1. The molecule has 1 saturated heterocycles. The highest BCUT2D eigenvalue weighted by molar-refractivity contribution is 5.82. The van der Waals surface area contributed by atoms with E-state index >= 15 is 0 Å². The van der Waals surface area contributed by atoms with Crippen LogP contribution in [0.3, 0.4) is 0 Å². The molecule has 2 heterocycles.